The third-order valence-electron chi connectivity index (χ3n) is 1.88. The van der Waals surface area contributed by atoms with Crippen molar-refractivity contribution in [2.75, 3.05) is 0 Å². The summed E-state index contributed by atoms with van der Waals surface area (Å²) in [5, 5.41) is 0. The Hall–Kier alpha value is -0.370. The van der Waals surface area contributed by atoms with Crippen LogP contribution in [0.2, 0.25) is 0 Å². The summed E-state index contributed by atoms with van der Waals surface area (Å²) in [6.07, 6.45) is 3.80. The smallest absolute Gasteiger partial charge is 0.136 e. The van der Waals surface area contributed by atoms with E-state index in [2.05, 4.69) is 0 Å². The van der Waals surface area contributed by atoms with Crippen LogP contribution < -0.4 is 5.73 Å². The molecular formula is C8H15NO. The largest absolute Gasteiger partial charge is 0.328 e. The molecule has 0 radical (unpaired) electrons. The van der Waals surface area contributed by atoms with Gasteiger partial charge in [-0.05, 0) is 26.2 Å². The third-order valence-corrected chi connectivity index (χ3v) is 1.88. The Balaban J connectivity index is 2.06. The molecule has 0 spiro atoms. The summed E-state index contributed by atoms with van der Waals surface area (Å²) in [6, 6.07) is 0.183. The quantitative estimate of drug-likeness (QED) is 0.637. The molecule has 0 saturated heterocycles. The van der Waals surface area contributed by atoms with E-state index < -0.39 is 0 Å². The van der Waals surface area contributed by atoms with E-state index in [1.54, 1.807) is 0 Å². The number of Topliss-reactive ketones (excluding diaryl/α,β-unsaturated/α-hetero) is 1. The van der Waals surface area contributed by atoms with Gasteiger partial charge in [0.25, 0.3) is 0 Å². The van der Waals surface area contributed by atoms with Gasteiger partial charge in [-0.1, -0.05) is 0 Å². The van der Waals surface area contributed by atoms with Crippen LogP contribution in [0.25, 0.3) is 0 Å². The van der Waals surface area contributed by atoms with Gasteiger partial charge < -0.3 is 5.73 Å². The van der Waals surface area contributed by atoms with Gasteiger partial charge >= 0.3 is 0 Å². The maximum absolute atomic E-state index is 11.1. The molecule has 1 aliphatic carbocycles. The topological polar surface area (TPSA) is 43.1 Å². The summed E-state index contributed by atoms with van der Waals surface area (Å²) >= 11 is 0. The second kappa shape index (κ2) is 3.15. The highest BCUT2D eigenvalue weighted by Crippen LogP contribution is 2.31. The van der Waals surface area contributed by atoms with Crippen molar-refractivity contribution < 1.29 is 4.79 Å². The number of carbonyl (C=O) groups excluding carboxylic acids is 1. The van der Waals surface area contributed by atoms with Gasteiger partial charge in [-0.15, -0.1) is 0 Å². The molecule has 2 heteroatoms. The van der Waals surface area contributed by atoms with Crippen LogP contribution in [0.5, 0.6) is 0 Å². The van der Waals surface area contributed by atoms with Crippen LogP contribution in [-0.2, 0) is 4.79 Å². The summed E-state index contributed by atoms with van der Waals surface area (Å²) < 4.78 is 0. The molecule has 1 aliphatic rings. The molecule has 0 aromatic carbocycles. The van der Waals surface area contributed by atoms with E-state index in [4.69, 9.17) is 5.73 Å². The van der Waals surface area contributed by atoms with Gasteiger partial charge in [-0.2, -0.15) is 0 Å². The van der Waals surface area contributed by atoms with Gasteiger partial charge in [-0.3, -0.25) is 4.79 Å². The van der Waals surface area contributed by atoms with Gasteiger partial charge in [0.1, 0.15) is 5.78 Å². The lowest BCUT2D eigenvalue weighted by atomic mass is 10.1. The molecule has 0 aromatic heterocycles. The van der Waals surface area contributed by atoms with Crippen LogP contribution >= 0.6 is 0 Å². The number of hydrogen-bond donors (Lipinski definition) is 1. The first kappa shape index (κ1) is 7.73. The molecule has 2 nitrogen and oxygen atoms in total. The molecule has 10 heavy (non-hydrogen) atoms. The molecule has 1 unspecified atom stereocenters. The Morgan fingerprint density at radius 1 is 1.70 bits per heavy atom. The molecule has 0 bridgehead atoms. The fourth-order valence-corrected chi connectivity index (χ4v) is 0.979. The summed E-state index contributed by atoms with van der Waals surface area (Å²) in [5.74, 6) is 0.844. The van der Waals surface area contributed by atoms with Crippen LogP contribution in [0.15, 0.2) is 0 Å². The first-order valence-corrected chi connectivity index (χ1v) is 3.98. The highest BCUT2D eigenvalue weighted by Gasteiger charge is 2.28. The zero-order chi connectivity index (χ0) is 7.56. The number of nitrogens with two attached hydrogens (primary N) is 1. The minimum Gasteiger partial charge on any atom is -0.328 e. The lowest BCUT2D eigenvalue weighted by Crippen LogP contribution is -2.16. The molecule has 1 saturated carbocycles. The highest BCUT2D eigenvalue weighted by atomic mass is 16.1. The molecule has 1 rings (SSSR count). The SMILES string of the molecule is CC(N)CCC(=O)C1CC1. The lowest BCUT2D eigenvalue weighted by molar-refractivity contribution is -0.120. The first-order chi connectivity index (χ1) is 4.70. The normalized spacial score (nSPS) is 20.6. The van der Waals surface area contributed by atoms with Crippen molar-refractivity contribution in [1.82, 2.24) is 0 Å². The Morgan fingerprint density at radius 3 is 2.70 bits per heavy atom. The van der Waals surface area contributed by atoms with Gasteiger partial charge in [-0.25, -0.2) is 0 Å². The monoisotopic (exact) mass is 141 g/mol. The molecule has 1 atom stereocenters. The lowest BCUT2D eigenvalue weighted by Gasteiger charge is -2.01. The zero-order valence-electron chi connectivity index (χ0n) is 6.47. The standard InChI is InChI=1S/C8H15NO/c1-6(9)2-5-8(10)7-3-4-7/h6-7H,2-5,9H2,1H3. The predicted octanol–water partition coefficient (Wildman–Crippen LogP) is 1.09. The van der Waals surface area contributed by atoms with Crippen LogP contribution in [0.1, 0.15) is 32.6 Å². The number of hydrogen-bond acceptors (Lipinski definition) is 2. The second-order valence-corrected chi connectivity index (χ2v) is 3.26. The van der Waals surface area contributed by atoms with Crippen molar-refractivity contribution in [3.05, 3.63) is 0 Å². The Bertz CT molecular complexity index is 127. The maximum atomic E-state index is 11.1. The molecule has 58 valence electrons. The van der Waals surface area contributed by atoms with E-state index in [1.165, 1.54) is 0 Å². The van der Waals surface area contributed by atoms with Crippen molar-refractivity contribution in [2.45, 2.75) is 38.6 Å². The minimum atomic E-state index is 0.183. The van der Waals surface area contributed by atoms with Crippen molar-refractivity contribution in [3.63, 3.8) is 0 Å². The minimum absolute atomic E-state index is 0.183. The average Bonchev–Trinajstić information content (AvgIpc) is 2.63. The number of carbonyl (C=O) groups is 1. The molecular weight excluding hydrogens is 126 g/mol. The van der Waals surface area contributed by atoms with E-state index >= 15 is 0 Å². The third kappa shape index (κ3) is 2.48. The highest BCUT2D eigenvalue weighted by molar-refractivity contribution is 5.83. The van der Waals surface area contributed by atoms with Crippen LogP contribution in [0.4, 0.5) is 0 Å². The van der Waals surface area contributed by atoms with Gasteiger partial charge in [0.15, 0.2) is 0 Å². The Kier molecular flexibility index (Phi) is 2.44. The van der Waals surface area contributed by atoms with E-state index in [0.29, 0.717) is 18.1 Å². The molecule has 0 aliphatic heterocycles. The summed E-state index contributed by atoms with van der Waals surface area (Å²) in [4.78, 5) is 11.1. The van der Waals surface area contributed by atoms with Gasteiger partial charge in [0.05, 0.1) is 0 Å². The van der Waals surface area contributed by atoms with Crippen molar-refractivity contribution in [1.29, 1.82) is 0 Å². The summed E-state index contributed by atoms with van der Waals surface area (Å²) in [5.41, 5.74) is 5.51. The molecule has 0 amide bonds. The predicted molar refractivity (Wildman–Crippen MR) is 40.6 cm³/mol. The fraction of sp³-hybridized carbons (Fsp3) is 0.875. The Labute approximate surface area is 61.8 Å². The number of ketones is 1. The van der Waals surface area contributed by atoms with E-state index in [0.717, 1.165) is 19.3 Å². The molecule has 0 heterocycles. The van der Waals surface area contributed by atoms with E-state index in [-0.39, 0.29) is 6.04 Å². The fourth-order valence-electron chi connectivity index (χ4n) is 0.979. The van der Waals surface area contributed by atoms with E-state index in [1.807, 2.05) is 6.92 Å². The van der Waals surface area contributed by atoms with Crippen LogP contribution in [0.3, 0.4) is 0 Å². The van der Waals surface area contributed by atoms with Gasteiger partial charge in [0.2, 0.25) is 0 Å². The van der Waals surface area contributed by atoms with Gasteiger partial charge in [0, 0.05) is 18.4 Å². The maximum Gasteiger partial charge on any atom is 0.136 e. The van der Waals surface area contributed by atoms with Crippen molar-refractivity contribution in [3.8, 4) is 0 Å². The van der Waals surface area contributed by atoms with Crippen LogP contribution in [0, 0.1) is 5.92 Å². The second-order valence-electron chi connectivity index (χ2n) is 3.26. The summed E-state index contributed by atoms with van der Waals surface area (Å²) in [7, 11) is 0. The first-order valence-electron chi connectivity index (χ1n) is 3.98. The zero-order valence-corrected chi connectivity index (χ0v) is 6.47. The van der Waals surface area contributed by atoms with E-state index in [9.17, 15) is 4.79 Å². The van der Waals surface area contributed by atoms with Crippen molar-refractivity contribution >= 4 is 5.78 Å². The molecule has 2 N–H and O–H groups in total. The molecule has 0 aromatic rings. The Morgan fingerprint density at radius 2 is 2.30 bits per heavy atom. The van der Waals surface area contributed by atoms with Crippen molar-refractivity contribution in [2.24, 2.45) is 11.7 Å². The number of rotatable bonds is 4. The summed E-state index contributed by atoms with van der Waals surface area (Å²) in [6.45, 7) is 1.94. The van der Waals surface area contributed by atoms with Crippen LogP contribution in [-0.4, -0.2) is 11.8 Å². The molecule has 1 fully saturated rings. The average molecular weight is 141 g/mol.